The first-order valence-electron chi connectivity index (χ1n) is 10.3. The SMILES string of the molecule is O=C(c1ccco1)N(CC1CCCN(CCc2ccccc2)C1)c1cccnc1. The Hall–Kier alpha value is -2.92. The Morgan fingerprint density at radius 1 is 1.14 bits per heavy atom. The molecule has 1 saturated heterocycles. The van der Waals surface area contributed by atoms with Gasteiger partial charge in [0.05, 0.1) is 18.1 Å². The lowest BCUT2D eigenvalue weighted by Gasteiger charge is -2.35. The van der Waals surface area contributed by atoms with E-state index in [-0.39, 0.29) is 5.91 Å². The van der Waals surface area contributed by atoms with Crippen LogP contribution in [0.5, 0.6) is 0 Å². The fourth-order valence-corrected chi connectivity index (χ4v) is 4.05. The Bertz CT molecular complexity index is 881. The van der Waals surface area contributed by atoms with Gasteiger partial charge in [-0.15, -0.1) is 0 Å². The molecule has 1 fully saturated rings. The van der Waals surface area contributed by atoms with Gasteiger partial charge in [-0.25, -0.2) is 0 Å². The molecular weight excluding hydrogens is 362 g/mol. The molecule has 1 aliphatic rings. The molecule has 4 rings (SSSR count). The van der Waals surface area contributed by atoms with Crippen LogP contribution in [0.3, 0.4) is 0 Å². The Morgan fingerprint density at radius 3 is 2.79 bits per heavy atom. The van der Waals surface area contributed by atoms with Crippen molar-refractivity contribution in [2.24, 2.45) is 5.92 Å². The third-order valence-corrected chi connectivity index (χ3v) is 5.54. The van der Waals surface area contributed by atoms with Crippen LogP contribution in [0.25, 0.3) is 0 Å². The summed E-state index contributed by atoms with van der Waals surface area (Å²) in [4.78, 5) is 21.6. The van der Waals surface area contributed by atoms with Crippen molar-refractivity contribution in [1.29, 1.82) is 0 Å². The number of nitrogens with zero attached hydrogens (tertiary/aromatic N) is 3. The highest BCUT2D eigenvalue weighted by molar-refractivity contribution is 6.04. The molecule has 1 aromatic carbocycles. The van der Waals surface area contributed by atoms with Gasteiger partial charge in [0, 0.05) is 25.8 Å². The molecule has 150 valence electrons. The minimum atomic E-state index is -0.107. The van der Waals surface area contributed by atoms with E-state index in [4.69, 9.17) is 4.42 Å². The average molecular weight is 389 g/mol. The standard InChI is InChI=1S/C24H27N3O2/c28-24(23-11-6-16-29-23)27(22-10-4-13-25-17-22)19-21-9-5-14-26(18-21)15-12-20-7-2-1-3-8-20/h1-4,6-8,10-11,13,16-17,21H,5,9,12,14-15,18-19H2. The van der Waals surface area contributed by atoms with Gasteiger partial charge in [0.2, 0.25) is 0 Å². The predicted octanol–water partition coefficient (Wildman–Crippen LogP) is 4.28. The van der Waals surface area contributed by atoms with Crippen LogP contribution in [0.2, 0.25) is 0 Å². The van der Waals surface area contributed by atoms with Crippen LogP contribution in [0, 0.1) is 5.92 Å². The highest BCUT2D eigenvalue weighted by Gasteiger charge is 2.27. The zero-order valence-electron chi connectivity index (χ0n) is 16.6. The van der Waals surface area contributed by atoms with Crippen molar-refractivity contribution in [3.8, 4) is 0 Å². The Labute approximate surface area is 172 Å². The number of hydrogen-bond donors (Lipinski definition) is 0. The molecule has 1 unspecified atom stereocenters. The van der Waals surface area contributed by atoms with Crippen LogP contribution in [0.1, 0.15) is 29.0 Å². The third kappa shape index (κ3) is 5.12. The van der Waals surface area contributed by atoms with Crippen LogP contribution >= 0.6 is 0 Å². The van der Waals surface area contributed by atoms with E-state index in [1.54, 1.807) is 30.8 Å². The van der Waals surface area contributed by atoms with E-state index in [1.165, 1.54) is 5.56 Å². The highest BCUT2D eigenvalue weighted by Crippen LogP contribution is 2.23. The fourth-order valence-electron chi connectivity index (χ4n) is 4.05. The molecule has 0 aliphatic carbocycles. The number of carbonyl (C=O) groups is 1. The largest absolute Gasteiger partial charge is 0.459 e. The summed E-state index contributed by atoms with van der Waals surface area (Å²) in [5.41, 5.74) is 2.19. The summed E-state index contributed by atoms with van der Waals surface area (Å²) in [6.45, 7) is 3.87. The summed E-state index contributed by atoms with van der Waals surface area (Å²) < 4.78 is 5.37. The Balaban J connectivity index is 1.42. The topological polar surface area (TPSA) is 49.6 Å². The zero-order chi connectivity index (χ0) is 19.9. The van der Waals surface area contributed by atoms with Crippen molar-refractivity contribution in [3.05, 3.63) is 84.6 Å². The van der Waals surface area contributed by atoms with Crippen molar-refractivity contribution in [2.45, 2.75) is 19.3 Å². The van der Waals surface area contributed by atoms with Gasteiger partial charge >= 0.3 is 0 Å². The van der Waals surface area contributed by atoms with Gasteiger partial charge in [0.25, 0.3) is 5.91 Å². The van der Waals surface area contributed by atoms with Crippen LogP contribution in [0.4, 0.5) is 5.69 Å². The maximum Gasteiger partial charge on any atom is 0.294 e. The molecule has 5 heteroatoms. The van der Waals surface area contributed by atoms with E-state index in [0.29, 0.717) is 18.2 Å². The number of likely N-dealkylation sites (tertiary alicyclic amines) is 1. The number of aromatic nitrogens is 1. The summed E-state index contributed by atoms with van der Waals surface area (Å²) in [7, 11) is 0. The summed E-state index contributed by atoms with van der Waals surface area (Å²) in [6.07, 6.45) is 8.37. The number of anilines is 1. The lowest BCUT2D eigenvalue weighted by Crippen LogP contribution is -2.43. The number of amides is 1. The maximum atomic E-state index is 13.1. The molecule has 0 saturated carbocycles. The van der Waals surface area contributed by atoms with Gasteiger partial charge < -0.3 is 14.2 Å². The molecule has 1 amide bonds. The number of piperidine rings is 1. The molecule has 3 heterocycles. The first-order valence-corrected chi connectivity index (χ1v) is 10.3. The summed E-state index contributed by atoms with van der Waals surface area (Å²) in [6, 6.07) is 17.9. The Kier molecular flexibility index (Phi) is 6.37. The molecule has 0 bridgehead atoms. The van der Waals surface area contributed by atoms with Gasteiger partial charge in [-0.1, -0.05) is 30.3 Å². The summed E-state index contributed by atoms with van der Waals surface area (Å²) in [5, 5.41) is 0. The second-order valence-electron chi connectivity index (χ2n) is 7.65. The first kappa shape index (κ1) is 19.4. The smallest absolute Gasteiger partial charge is 0.294 e. The molecule has 0 radical (unpaired) electrons. The van der Waals surface area contributed by atoms with Gasteiger partial charge in [0.1, 0.15) is 0 Å². The minimum Gasteiger partial charge on any atom is -0.459 e. The van der Waals surface area contributed by atoms with Crippen molar-refractivity contribution >= 4 is 11.6 Å². The number of pyridine rings is 1. The molecule has 2 aromatic heterocycles. The van der Waals surface area contributed by atoms with Gasteiger partial charge in [-0.2, -0.15) is 0 Å². The average Bonchev–Trinajstić information content (AvgIpc) is 3.32. The maximum absolute atomic E-state index is 13.1. The first-order chi connectivity index (χ1) is 14.3. The summed E-state index contributed by atoms with van der Waals surface area (Å²) in [5.74, 6) is 0.689. The van der Waals surface area contributed by atoms with Crippen LogP contribution < -0.4 is 4.90 Å². The van der Waals surface area contributed by atoms with Crippen LogP contribution in [-0.2, 0) is 6.42 Å². The molecule has 1 aliphatic heterocycles. The second kappa shape index (κ2) is 9.52. The zero-order valence-corrected chi connectivity index (χ0v) is 16.6. The lowest BCUT2D eigenvalue weighted by molar-refractivity contribution is 0.0946. The lowest BCUT2D eigenvalue weighted by atomic mass is 9.96. The van der Waals surface area contributed by atoms with E-state index in [2.05, 4.69) is 40.2 Å². The molecule has 3 aromatic rings. The second-order valence-corrected chi connectivity index (χ2v) is 7.65. The monoisotopic (exact) mass is 389 g/mol. The van der Waals surface area contributed by atoms with E-state index in [1.807, 2.05) is 17.0 Å². The number of carbonyl (C=O) groups excluding carboxylic acids is 1. The normalized spacial score (nSPS) is 17.2. The van der Waals surface area contributed by atoms with Crippen molar-refractivity contribution < 1.29 is 9.21 Å². The van der Waals surface area contributed by atoms with E-state index >= 15 is 0 Å². The molecular formula is C24H27N3O2. The predicted molar refractivity (Wildman–Crippen MR) is 114 cm³/mol. The van der Waals surface area contributed by atoms with E-state index < -0.39 is 0 Å². The van der Waals surface area contributed by atoms with Crippen LogP contribution in [0.15, 0.2) is 77.7 Å². The van der Waals surface area contributed by atoms with Crippen molar-refractivity contribution in [2.75, 3.05) is 31.1 Å². The molecule has 29 heavy (non-hydrogen) atoms. The van der Waals surface area contributed by atoms with Crippen molar-refractivity contribution in [1.82, 2.24) is 9.88 Å². The number of rotatable bonds is 7. The fraction of sp³-hybridized carbons (Fsp3) is 0.333. The number of furan rings is 1. The van der Waals surface area contributed by atoms with Gasteiger partial charge in [0.15, 0.2) is 5.76 Å². The van der Waals surface area contributed by atoms with Crippen molar-refractivity contribution in [3.63, 3.8) is 0 Å². The molecule has 5 nitrogen and oxygen atoms in total. The third-order valence-electron chi connectivity index (χ3n) is 5.54. The Morgan fingerprint density at radius 2 is 2.03 bits per heavy atom. The van der Waals surface area contributed by atoms with Gasteiger partial charge in [-0.3, -0.25) is 9.78 Å². The number of benzene rings is 1. The highest BCUT2D eigenvalue weighted by atomic mass is 16.3. The quantitative estimate of drug-likeness (QED) is 0.605. The number of hydrogen-bond acceptors (Lipinski definition) is 4. The molecule has 0 spiro atoms. The van der Waals surface area contributed by atoms with Gasteiger partial charge in [-0.05, 0) is 61.6 Å². The molecule has 1 atom stereocenters. The minimum absolute atomic E-state index is 0.107. The summed E-state index contributed by atoms with van der Waals surface area (Å²) >= 11 is 0. The van der Waals surface area contributed by atoms with E-state index in [9.17, 15) is 4.79 Å². The van der Waals surface area contributed by atoms with Crippen LogP contribution in [-0.4, -0.2) is 42.0 Å². The van der Waals surface area contributed by atoms with E-state index in [0.717, 1.165) is 44.6 Å². The molecule has 0 N–H and O–H groups in total.